The normalized spacial score (nSPS) is 11.1. The van der Waals surface area contributed by atoms with Gasteiger partial charge in [-0.3, -0.25) is 4.79 Å². The third-order valence-electron chi connectivity index (χ3n) is 3.76. The summed E-state index contributed by atoms with van der Waals surface area (Å²) in [5.41, 5.74) is 1.05. The maximum absolute atomic E-state index is 12.8. The maximum atomic E-state index is 12.8. The predicted molar refractivity (Wildman–Crippen MR) is 95.9 cm³/mol. The van der Waals surface area contributed by atoms with Crippen LogP contribution in [0, 0.1) is 6.92 Å². The number of halogens is 3. The van der Waals surface area contributed by atoms with E-state index < -0.39 is 17.6 Å². The number of hydrogen-bond donors (Lipinski definition) is 2. The topological polar surface area (TPSA) is 66.9 Å². The standard InChI is InChI=1S/C19H15F3N4O/c1-12-5-2-3-8-15(12)26-18(27)16-10-17(24-11-23-16)25-14-7-4-6-13(9-14)19(20,21)22/h2-11H,1H3,(H,26,27)(H,23,24,25). The monoisotopic (exact) mass is 372 g/mol. The SMILES string of the molecule is Cc1ccccc1NC(=O)c1cc(Nc2cccc(C(F)(F)F)c2)ncn1. The van der Waals surface area contributed by atoms with Crippen molar-refractivity contribution in [1.82, 2.24) is 9.97 Å². The minimum atomic E-state index is -4.44. The van der Waals surface area contributed by atoms with Crippen molar-refractivity contribution >= 4 is 23.1 Å². The zero-order valence-corrected chi connectivity index (χ0v) is 14.2. The highest BCUT2D eigenvalue weighted by Gasteiger charge is 2.30. The number of rotatable bonds is 4. The molecule has 1 amide bonds. The molecule has 0 aliphatic rings. The Balaban J connectivity index is 1.78. The van der Waals surface area contributed by atoms with Crippen molar-refractivity contribution in [3.8, 4) is 0 Å². The molecule has 0 spiro atoms. The van der Waals surface area contributed by atoms with Crippen molar-refractivity contribution in [2.75, 3.05) is 10.6 Å². The summed E-state index contributed by atoms with van der Waals surface area (Å²) in [4.78, 5) is 20.2. The molecule has 138 valence electrons. The molecule has 0 saturated heterocycles. The molecule has 1 aromatic heterocycles. The fraction of sp³-hybridized carbons (Fsp3) is 0.105. The Bertz CT molecular complexity index is 973. The number of nitrogens with one attached hydrogen (secondary N) is 2. The first-order valence-corrected chi connectivity index (χ1v) is 7.96. The number of carbonyl (C=O) groups is 1. The molecule has 0 aliphatic carbocycles. The molecule has 5 nitrogen and oxygen atoms in total. The molecule has 27 heavy (non-hydrogen) atoms. The average molecular weight is 372 g/mol. The highest BCUT2D eigenvalue weighted by atomic mass is 19.4. The first kappa shape index (κ1) is 18.4. The van der Waals surface area contributed by atoms with E-state index in [0.717, 1.165) is 17.7 Å². The van der Waals surface area contributed by atoms with Crippen LogP contribution in [0.15, 0.2) is 60.9 Å². The lowest BCUT2D eigenvalue weighted by Gasteiger charge is -2.11. The summed E-state index contributed by atoms with van der Waals surface area (Å²) in [5, 5.41) is 5.50. The molecule has 0 unspecified atom stereocenters. The van der Waals surface area contributed by atoms with E-state index in [9.17, 15) is 18.0 Å². The van der Waals surface area contributed by atoms with Gasteiger partial charge in [-0.15, -0.1) is 0 Å². The fourth-order valence-corrected chi connectivity index (χ4v) is 2.37. The summed E-state index contributed by atoms with van der Waals surface area (Å²) >= 11 is 0. The van der Waals surface area contributed by atoms with Gasteiger partial charge in [-0.1, -0.05) is 24.3 Å². The summed E-state index contributed by atoms with van der Waals surface area (Å²) in [5.74, 6) is -0.238. The highest BCUT2D eigenvalue weighted by molar-refractivity contribution is 6.03. The Hall–Kier alpha value is -3.42. The van der Waals surface area contributed by atoms with Gasteiger partial charge in [0.05, 0.1) is 5.56 Å². The van der Waals surface area contributed by atoms with Gasteiger partial charge in [0.2, 0.25) is 0 Å². The van der Waals surface area contributed by atoms with Crippen molar-refractivity contribution in [3.05, 3.63) is 77.7 Å². The first-order chi connectivity index (χ1) is 12.8. The molecular formula is C19H15F3N4O. The molecule has 3 rings (SSSR count). The van der Waals surface area contributed by atoms with E-state index in [4.69, 9.17) is 0 Å². The van der Waals surface area contributed by atoms with Crippen LogP contribution in [0.2, 0.25) is 0 Å². The van der Waals surface area contributed by atoms with Crippen molar-refractivity contribution in [2.24, 2.45) is 0 Å². The Morgan fingerprint density at radius 1 is 1.00 bits per heavy atom. The third kappa shape index (κ3) is 4.60. The second kappa shape index (κ2) is 7.45. The minimum absolute atomic E-state index is 0.0859. The summed E-state index contributed by atoms with van der Waals surface area (Å²) < 4.78 is 38.4. The number of anilines is 3. The second-order valence-corrected chi connectivity index (χ2v) is 5.76. The lowest BCUT2D eigenvalue weighted by Crippen LogP contribution is -2.15. The number of carbonyl (C=O) groups excluding carboxylic acids is 1. The van der Waals surface area contributed by atoms with Crippen LogP contribution in [0.5, 0.6) is 0 Å². The number of benzene rings is 2. The smallest absolute Gasteiger partial charge is 0.340 e. The van der Waals surface area contributed by atoms with E-state index in [-0.39, 0.29) is 17.2 Å². The molecule has 2 aromatic carbocycles. The number of aromatic nitrogens is 2. The summed E-state index contributed by atoms with van der Waals surface area (Å²) in [7, 11) is 0. The van der Waals surface area contributed by atoms with E-state index in [1.54, 1.807) is 12.1 Å². The van der Waals surface area contributed by atoms with Crippen molar-refractivity contribution < 1.29 is 18.0 Å². The Morgan fingerprint density at radius 2 is 1.78 bits per heavy atom. The van der Waals surface area contributed by atoms with Crippen molar-refractivity contribution in [2.45, 2.75) is 13.1 Å². The van der Waals surface area contributed by atoms with Crippen LogP contribution in [0.3, 0.4) is 0 Å². The summed E-state index contributed by atoms with van der Waals surface area (Å²) in [6, 6.07) is 13.3. The van der Waals surface area contributed by atoms with Gasteiger partial charge < -0.3 is 10.6 Å². The van der Waals surface area contributed by atoms with Crippen LogP contribution in [0.1, 0.15) is 21.6 Å². The fourth-order valence-electron chi connectivity index (χ4n) is 2.37. The van der Waals surface area contributed by atoms with Crippen molar-refractivity contribution in [3.63, 3.8) is 0 Å². The second-order valence-electron chi connectivity index (χ2n) is 5.76. The molecule has 2 N–H and O–H groups in total. The molecule has 0 bridgehead atoms. The van der Waals surface area contributed by atoms with Crippen LogP contribution in [-0.2, 0) is 6.18 Å². The average Bonchev–Trinajstić information content (AvgIpc) is 2.63. The molecule has 0 radical (unpaired) electrons. The van der Waals surface area contributed by atoms with Gasteiger partial charge in [-0.25, -0.2) is 9.97 Å². The lowest BCUT2D eigenvalue weighted by atomic mass is 10.2. The van der Waals surface area contributed by atoms with Gasteiger partial charge in [-0.2, -0.15) is 13.2 Å². The molecule has 8 heteroatoms. The van der Waals surface area contributed by atoms with E-state index in [1.165, 1.54) is 24.5 Å². The molecule has 1 heterocycles. The molecule has 0 fully saturated rings. The quantitative estimate of drug-likeness (QED) is 0.690. The molecule has 0 saturated carbocycles. The van der Waals surface area contributed by atoms with Gasteiger partial charge in [0.15, 0.2) is 0 Å². The molecule has 0 atom stereocenters. The molecule has 3 aromatic rings. The van der Waals surface area contributed by atoms with Crippen LogP contribution in [-0.4, -0.2) is 15.9 Å². The van der Waals surface area contributed by atoms with Gasteiger partial charge >= 0.3 is 6.18 Å². The number of alkyl halides is 3. The predicted octanol–water partition coefficient (Wildman–Crippen LogP) is 4.80. The maximum Gasteiger partial charge on any atom is 0.416 e. The van der Waals surface area contributed by atoms with E-state index in [0.29, 0.717) is 5.69 Å². The van der Waals surface area contributed by atoms with Crippen molar-refractivity contribution in [1.29, 1.82) is 0 Å². The largest absolute Gasteiger partial charge is 0.416 e. The first-order valence-electron chi connectivity index (χ1n) is 7.96. The van der Waals surface area contributed by atoms with Crippen LogP contribution in [0.4, 0.5) is 30.4 Å². The van der Waals surface area contributed by atoms with Crippen LogP contribution < -0.4 is 10.6 Å². The van der Waals surface area contributed by atoms with Gasteiger partial charge in [0, 0.05) is 17.4 Å². The lowest BCUT2D eigenvalue weighted by molar-refractivity contribution is -0.137. The number of para-hydroxylation sites is 1. The molecule has 0 aliphatic heterocycles. The number of aryl methyl sites for hydroxylation is 1. The Kier molecular flexibility index (Phi) is 5.07. The summed E-state index contributed by atoms with van der Waals surface area (Å²) in [6.45, 7) is 1.86. The summed E-state index contributed by atoms with van der Waals surface area (Å²) in [6.07, 6.45) is -3.27. The zero-order valence-electron chi connectivity index (χ0n) is 14.2. The number of amides is 1. The van der Waals surface area contributed by atoms with Crippen LogP contribution in [0.25, 0.3) is 0 Å². The van der Waals surface area contributed by atoms with E-state index >= 15 is 0 Å². The van der Waals surface area contributed by atoms with Crippen LogP contribution >= 0.6 is 0 Å². The molecular weight excluding hydrogens is 357 g/mol. The number of nitrogens with zero attached hydrogens (tertiary/aromatic N) is 2. The third-order valence-corrected chi connectivity index (χ3v) is 3.76. The highest BCUT2D eigenvalue weighted by Crippen LogP contribution is 2.31. The Morgan fingerprint density at radius 3 is 2.52 bits per heavy atom. The van der Waals surface area contributed by atoms with Gasteiger partial charge in [0.25, 0.3) is 5.91 Å². The van der Waals surface area contributed by atoms with E-state index in [2.05, 4.69) is 20.6 Å². The zero-order chi connectivity index (χ0) is 19.4. The Labute approximate surface area is 153 Å². The van der Waals surface area contributed by atoms with Gasteiger partial charge in [-0.05, 0) is 36.8 Å². The number of hydrogen-bond acceptors (Lipinski definition) is 4. The minimum Gasteiger partial charge on any atom is -0.340 e. The van der Waals surface area contributed by atoms with E-state index in [1.807, 2.05) is 19.1 Å². The van der Waals surface area contributed by atoms with Gasteiger partial charge in [0.1, 0.15) is 17.8 Å².